The maximum Gasteiger partial charge on any atom is 0.319 e. The summed E-state index contributed by atoms with van der Waals surface area (Å²) in [7, 11) is 1.60. The first kappa shape index (κ1) is 20.8. The smallest absolute Gasteiger partial charge is 0.319 e. The highest BCUT2D eigenvalue weighted by Crippen LogP contribution is 2.19. The Balaban J connectivity index is 1.63. The van der Waals surface area contributed by atoms with E-state index in [1.54, 1.807) is 31.4 Å². The van der Waals surface area contributed by atoms with Crippen molar-refractivity contribution in [3.05, 3.63) is 59.9 Å². The van der Waals surface area contributed by atoms with E-state index >= 15 is 0 Å². The highest BCUT2D eigenvalue weighted by molar-refractivity contribution is 6.03. The zero-order chi connectivity index (χ0) is 21.5. The molecule has 0 atom stereocenters. The molecule has 30 heavy (non-hydrogen) atoms. The van der Waals surface area contributed by atoms with Gasteiger partial charge < -0.3 is 20.7 Å². The molecule has 0 aliphatic rings. The number of hydrogen-bond donors (Lipinski definition) is 4. The zero-order valence-electron chi connectivity index (χ0n) is 17.0. The van der Waals surface area contributed by atoms with Crippen molar-refractivity contribution in [3.63, 3.8) is 0 Å². The topological polar surface area (TPSA) is 121 Å². The molecule has 0 saturated carbocycles. The van der Waals surface area contributed by atoms with E-state index in [0.717, 1.165) is 11.3 Å². The zero-order valence-corrected chi connectivity index (χ0v) is 17.0. The summed E-state index contributed by atoms with van der Waals surface area (Å²) in [5.41, 5.74) is 1.60. The van der Waals surface area contributed by atoms with Gasteiger partial charge in [0.05, 0.1) is 24.9 Å². The van der Waals surface area contributed by atoms with Crippen LogP contribution in [0.2, 0.25) is 0 Å². The number of benzene rings is 2. The molecule has 1 heterocycles. The highest BCUT2D eigenvalue weighted by atomic mass is 16.5. The van der Waals surface area contributed by atoms with Gasteiger partial charge in [-0.2, -0.15) is 5.10 Å². The number of nitrogens with one attached hydrogen (secondary N) is 4. The number of para-hydroxylation sites is 1. The van der Waals surface area contributed by atoms with Gasteiger partial charge in [0.15, 0.2) is 5.82 Å². The van der Waals surface area contributed by atoms with Crippen molar-refractivity contribution in [2.24, 2.45) is 0 Å². The fourth-order valence-electron chi connectivity index (χ4n) is 2.71. The van der Waals surface area contributed by atoms with Crippen molar-refractivity contribution >= 4 is 17.6 Å². The fourth-order valence-corrected chi connectivity index (χ4v) is 2.71. The molecule has 0 bridgehead atoms. The number of urea groups is 1. The molecule has 0 spiro atoms. The fraction of sp³-hybridized carbons (Fsp3) is 0.238. The molecule has 9 heteroatoms. The van der Waals surface area contributed by atoms with Crippen LogP contribution in [0, 0.1) is 0 Å². The van der Waals surface area contributed by atoms with E-state index in [9.17, 15) is 9.59 Å². The standard InChI is InChI=1S/C21H24N6O3/c1-13(2)23-21(29)24-17-7-5-4-6-16(17)20(28)22-12-18-25-19(27-26-18)14-8-10-15(30-3)11-9-14/h4-11,13H,12H2,1-3H3,(H,22,28)(H2,23,24,29)(H,25,26,27). The molecule has 0 unspecified atom stereocenters. The summed E-state index contributed by atoms with van der Waals surface area (Å²) < 4.78 is 5.14. The van der Waals surface area contributed by atoms with Crippen LogP contribution >= 0.6 is 0 Å². The van der Waals surface area contributed by atoms with Crippen molar-refractivity contribution in [1.82, 2.24) is 25.8 Å². The lowest BCUT2D eigenvalue weighted by atomic mass is 10.1. The Morgan fingerprint density at radius 3 is 2.53 bits per heavy atom. The van der Waals surface area contributed by atoms with Crippen LogP contribution in [0.25, 0.3) is 11.4 Å². The van der Waals surface area contributed by atoms with Gasteiger partial charge in [0.1, 0.15) is 11.6 Å². The van der Waals surface area contributed by atoms with Crippen molar-refractivity contribution in [2.75, 3.05) is 12.4 Å². The summed E-state index contributed by atoms with van der Waals surface area (Å²) in [6.45, 7) is 3.88. The van der Waals surface area contributed by atoms with Crippen LogP contribution in [0.4, 0.5) is 10.5 Å². The largest absolute Gasteiger partial charge is 0.497 e. The van der Waals surface area contributed by atoms with Gasteiger partial charge >= 0.3 is 6.03 Å². The second kappa shape index (κ2) is 9.55. The number of carbonyl (C=O) groups is 2. The molecule has 0 aliphatic heterocycles. The molecule has 0 radical (unpaired) electrons. The first-order valence-electron chi connectivity index (χ1n) is 9.46. The predicted octanol–water partition coefficient (Wildman–Crippen LogP) is 2.94. The minimum Gasteiger partial charge on any atom is -0.497 e. The first-order chi connectivity index (χ1) is 14.5. The van der Waals surface area contributed by atoms with E-state index in [1.165, 1.54) is 0 Å². The molecular formula is C21H24N6O3. The number of H-pyrrole nitrogens is 1. The summed E-state index contributed by atoms with van der Waals surface area (Å²) in [6, 6.07) is 13.8. The molecule has 3 rings (SSSR count). The van der Waals surface area contributed by atoms with Crippen LogP contribution in [0.5, 0.6) is 5.75 Å². The van der Waals surface area contributed by atoms with Gasteiger partial charge in [-0.05, 0) is 50.2 Å². The number of anilines is 1. The van der Waals surface area contributed by atoms with Crippen LogP contribution in [-0.4, -0.2) is 40.3 Å². The minimum atomic E-state index is -0.371. The van der Waals surface area contributed by atoms with Crippen molar-refractivity contribution in [3.8, 4) is 17.1 Å². The lowest BCUT2D eigenvalue weighted by molar-refractivity contribution is 0.0951. The Bertz CT molecular complexity index is 1010. The van der Waals surface area contributed by atoms with Gasteiger partial charge in [-0.3, -0.25) is 9.89 Å². The van der Waals surface area contributed by atoms with Gasteiger partial charge in [-0.25, -0.2) is 9.78 Å². The number of ether oxygens (including phenoxy) is 1. The van der Waals surface area contributed by atoms with Crippen molar-refractivity contribution in [1.29, 1.82) is 0 Å². The van der Waals surface area contributed by atoms with E-state index in [-0.39, 0.29) is 24.5 Å². The van der Waals surface area contributed by atoms with Gasteiger partial charge in [0, 0.05) is 11.6 Å². The van der Waals surface area contributed by atoms with Gasteiger partial charge in [0.2, 0.25) is 0 Å². The SMILES string of the molecule is COc1ccc(-c2n[nH]c(CNC(=O)c3ccccc3NC(=O)NC(C)C)n2)cc1. The molecule has 3 amide bonds. The van der Waals surface area contributed by atoms with Gasteiger partial charge in [-0.1, -0.05) is 12.1 Å². The summed E-state index contributed by atoms with van der Waals surface area (Å²) in [5.74, 6) is 1.44. The maximum atomic E-state index is 12.6. The van der Waals surface area contributed by atoms with E-state index in [1.807, 2.05) is 38.1 Å². The van der Waals surface area contributed by atoms with E-state index in [2.05, 4.69) is 31.1 Å². The van der Waals surface area contributed by atoms with E-state index in [0.29, 0.717) is 22.9 Å². The minimum absolute atomic E-state index is 0.0164. The third-order valence-corrected chi connectivity index (χ3v) is 4.14. The number of carbonyl (C=O) groups excluding carboxylic acids is 2. The average Bonchev–Trinajstić information content (AvgIpc) is 3.21. The molecule has 9 nitrogen and oxygen atoms in total. The van der Waals surface area contributed by atoms with Crippen LogP contribution in [0.15, 0.2) is 48.5 Å². The second-order valence-electron chi connectivity index (χ2n) is 6.82. The lowest BCUT2D eigenvalue weighted by Crippen LogP contribution is -2.35. The Labute approximate surface area is 174 Å². The number of aromatic nitrogens is 3. The van der Waals surface area contributed by atoms with Gasteiger partial charge in [0.25, 0.3) is 5.91 Å². The molecule has 4 N–H and O–H groups in total. The predicted molar refractivity (Wildman–Crippen MR) is 113 cm³/mol. The number of aromatic amines is 1. The molecule has 2 aromatic carbocycles. The average molecular weight is 408 g/mol. The molecule has 3 aromatic rings. The Morgan fingerprint density at radius 1 is 1.10 bits per heavy atom. The van der Waals surface area contributed by atoms with Gasteiger partial charge in [-0.15, -0.1) is 0 Å². The summed E-state index contributed by atoms with van der Waals surface area (Å²) in [6.07, 6.45) is 0. The molecular weight excluding hydrogens is 384 g/mol. The summed E-state index contributed by atoms with van der Waals surface area (Å²) >= 11 is 0. The van der Waals surface area contributed by atoms with Crippen LogP contribution in [-0.2, 0) is 6.54 Å². The second-order valence-corrected chi connectivity index (χ2v) is 6.82. The summed E-state index contributed by atoms with van der Waals surface area (Å²) in [5, 5.41) is 15.2. The Hall–Kier alpha value is -3.88. The molecule has 1 aromatic heterocycles. The molecule has 156 valence electrons. The Kier molecular flexibility index (Phi) is 6.63. The van der Waals surface area contributed by atoms with Crippen LogP contribution in [0.3, 0.4) is 0 Å². The monoisotopic (exact) mass is 408 g/mol. The van der Waals surface area contributed by atoms with E-state index in [4.69, 9.17) is 4.74 Å². The maximum absolute atomic E-state index is 12.6. The van der Waals surface area contributed by atoms with Crippen LogP contribution in [0.1, 0.15) is 30.0 Å². The number of nitrogens with zero attached hydrogens (tertiary/aromatic N) is 2. The molecule has 0 saturated heterocycles. The van der Waals surface area contributed by atoms with E-state index < -0.39 is 0 Å². The number of amides is 3. The number of methoxy groups -OCH3 is 1. The third kappa shape index (κ3) is 5.34. The first-order valence-corrected chi connectivity index (χ1v) is 9.46. The quantitative estimate of drug-likeness (QED) is 0.479. The van der Waals surface area contributed by atoms with Crippen molar-refractivity contribution in [2.45, 2.75) is 26.4 Å². The van der Waals surface area contributed by atoms with Crippen LogP contribution < -0.4 is 20.7 Å². The summed E-state index contributed by atoms with van der Waals surface area (Å²) in [4.78, 5) is 29.0. The highest BCUT2D eigenvalue weighted by Gasteiger charge is 2.14. The molecule has 0 fully saturated rings. The number of rotatable bonds is 7. The normalized spacial score (nSPS) is 10.5. The molecule has 0 aliphatic carbocycles. The number of hydrogen-bond acceptors (Lipinski definition) is 5. The van der Waals surface area contributed by atoms with Crippen molar-refractivity contribution < 1.29 is 14.3 Å². The Morgan fingerprint density at radius 2 is 1.83 bits per heavy atom. The third-order valence-electron chi connectivity index (χ3n) is 4.14. The lowest BCUT2D eigenvalue weighted by Gasteiger charge is -2.13.